The van der Waals surface area contributed by atoms with E-state index in [-0.39, 0.29) is 10.8 Å². The summed E-state index contributed by atoms with van der Waals surface area (Å²) < 4.78 is 0. The molecule has 0 spiro atoms. The first kappa shape index (κ1) is 18.0. The predicted octanol–water partition coefficient (Wildman–Crippen LogP) is 7.25. The van der Waals surface area contributed by atoms with E-state index in [2.05, 4.69) is 91.8 Å². The van der Waals surface area contributed by atoms with Gasteiger partial charge in [-0.2, -0.15) is 0 Å². The summed E-state index contributed by atoms with van der Waals surface area (Å²) in [7, 11) is 0. The molecule has 0 saturated heterocycles. The van der Waals surface area contributed by atoms with Crippen LogP contribution in [-0.2, 0) is 11.8 Å². The lowest BCUT2D eigenvalue weighted by atomic mass is 9.79. The first-order valence-corrected chi connectivity index (χ1v) is 9.43. The average molecular weight is 333 g/mol. The number of fused-ring (bicyclic) bond motifs is 1. The fourth-order valence-electron chi connectivity index (χ4n) is 3.95. The van der Waals surface area contributed by atoms with Crippen molar-refractivity contribution in [3.05, 3.63) is 63.7 Å². The van der Waals surface area contributed by atoms with Gasteiger partial charge in [-0.05, 0) is 58.9 Å². The topological polar surface area (TPSA) is 0 Å². The Morgan fingerprint density at radius 3 is 1.88 bits per heavy atom. The Bertz CT molecular complexity index is 829. The highest BCUT2D eigenvalue weighted by atomic mass is 14.3. The summed E-state index contributed by atoms with van der Waals surface area (Å²) in [6.07, 6.45) is 3.55. The number of allylic oxidation sites excluding steroid dienone is 1. The van der Waals surface area contributed by atoms with Crippen LogP contribution in [-0.4, -0.2) is 0 Å². The van der Waals surface area contributed by atoms with Crippen LogP contribution in [0.3, 0.4) is 0 Å². The van der Waals surface area contributed by atoms with Gasteiger partial charge in [0.05, 0.1) is 0 Å². The molecule has 0 amide bonds. The molecule has 2 aromatic rings. The van der Waals surface area contributed by atoms with Crippen LogP contribution in [0.1, 0.15) is 69.4 Å². The Labute approximate surface area is 154 Å². The van der Waals surface area contributed by atoms with Gasteiger partial charge in [-0.3, -0.25) is 0 Å². The highest BCUT2D eigenvalue weighted by Crippen LogP contribution is 2.44. The Balaban J connectivity index is 2.32. The number of rotatable bonds is 1. The molecule has 0 heterocycles. The Morgan fingerprint density at radius 1 is 0.760 bits per heavy atom. The Hall–Kier alpha value is -1.82. The minimum Gasteiger partial charge on any atom is -0.0598 e. The minimum absolute atomic E-state index is 0.125. The van der Waals surface area contributed by atoms with Crippen LogP contribution in [0.25, 0.3) is 17.2 Å². The normalized spacial score (nSPS) is 14.5. The van der Waals surface area contributed by atoms with Gasteiger partial charge in [0.1, 0.15) is 0 Å². The highest BCUT2D eigenvalue weighted by Gasteiger charge is 2.28. The van der Waals surface area contributed by atoms with E-state index in [0.29, 0.717) is 0 Å². The SMILES string of the molecule is Cc1cc(C)cc(-c2c(C(C)(C)C)ccc3c2C=C(C(C)(C)C)C3)c1. The largest absolute Gasteiger partial charge is 0.0598 e. The van der Waals surface area contributed by atoms with Gasteiger partial charge in [0.25, 0.3) is 0 Å². The van der Waals surface area contributed by atoms with Crippen molar-refractivity contribution in [1.82, 2.24) is 0 Å². The van der Waals surface area contributed by atoms with Crippen molar-refractivity contribution >= 4 is 6.08 Å². The molecule has 0 bridgehead atoms. The first-order chi connectivity index (χ1) is 11.5. The summed E-state index contributed by atoms with van der Waals surface area (Å²) in [6, 6.07) is 11.7. The summed E-state index contributed by atoms with van der Waals surface area (Å²) in [5.74, 6) is 0. The second-order valence-corrected chi connectivity index (χ2v) is 9.78. The second kappa shape index (κ2) is 5.87. The zero-order chi connectivity index (χ0) is 18.6. The van der Waals surface area contributed by atoms with Crippen LogP contribution < -0.4 is 0 Å². The van der Waals surface area contributed by atoms with E-state index in [1.54, 1.807) is 5.57 Å². The highest BCUT2D eigenvalue weighted by molar-refractivity contribution is 5.84. The molecule has 2 aromatic carbocycles. The fourth-order valence-corrected chi connectivity index (χ4v) is 3.95. The average Bonchev–Trinajstić information content (AvgIpc) is 2.88. The van der Waals surface area contributed by atoms with Crippen molar-refractivity contribution in [2.24, 2.45) is 5.41 Å². The third-order valence-electron chi connectivity index (χ3n) is 5.32. The summed E-state index contributed by atoms with van der Waals surface area (Å²) in [6.45, 7) is 18.3. The van der Waals surface area contributed by atoms with Crippen LogP contribution >= 0.6 is 0 Å². The van der Waals surface area contributed by atoms with Gasteiger partial charge in [-0.15, -0.1) is 0 Å². The Morgan fingerprint density at radius 2 is 1.36 bits per heavy atom. The lowest BCUT2D eigenvalue weighted by Crippen LogP contribution is -2.14. The number of hydrogen-bond acceptors (Lipinski definition) is 0. The molecule has 132 valence electrons. The summed E-state index contributed by atoms with van der Waals surface area (Å²) in [4.78, 5) is 0. The van der Waals surface area contributed by atoms with Gasteiger partial charge >= 0.3 is 0 Å². The van der Waals surface area contributed by atoms with Crippen LogP contribution in [0.4, 0.5) is 0 Å². The first-order valence-electron chi connectivity index (χ1n) is 9.43. The molecule has 0 saturated carbocycles. The van der Waals surface area contributed by atoms with Gasteiger partial charge in [0.2, 0.25) is 0 Å². The molecular formula is C25H32. The number of benzene rings is 2. The summed E-state index contributed by atoms with van der Waals surface area (Å²) in [5.41, 5.74) is 11.7. The second-order valence-electron chi connectivity index (χ2n) is 9.78. The Kier molecular flexibility index (Phi) is 4.22. The van der Waals surface area contributed by atoms with Gasteiger partial charge in [0, 0.05) is 0 Å². The maximum Gasteiger partial charge on any atom is -0.00523 e. The minimum atomic E-state index is 0.125. The molecule has 1 aliphatic rings. The molecular weight excluding hydrogens is 300 g/mol. The van der Waals surface area contributed by atoms with Crippen molar-refractivity contribution in [3.63, 3.8) is 0 Å². The van der Waals surface area contributed by atoms with Crippen LogP contribution in [0, 0.1) is 19.3 Å². The lowest BCUT2D eigenvalue weighted by molar-refractivity contribution is 0.498. The van der Waals surface area contributed by atoms with Crippen LogP contribution in [0.2, 0.25) is 0 Å². The van der Waals surface area contributed by atoms with Crippen molar-refractivity contribution < 1.29 is 0 Å². The summed E-state index contributed by atoms with van der Waals surface area (Å²) >= 11 is 0. The van der Waals surface area contributed by atoms with E-state index in [0.717, 1.165) is 6.42 Å². The van der Waals surface area contributed by atoms with Gasteiger partial charge in [0.15, 0.2) is 0 Å². The van der Waals surface area contributed by atoms with E-state index in [1.807, 2.05) is 0 Å². The zero-order valence-corrected chi connectivity index (χ0v) is 17.2. The predicted molar refractivity (Wildman–Crippen MR) is 111 cm³/mol. The van der Waals surface area contributed by atoms with E-state index in [4.69, 9.17) is 0 Å². The smallest absolute Gasteiger partial charge is 0.00523 e. The van der Waals surface area contributed by atoms with E-state index >= 15 is 0 Å². The van der Waals surface area contributed by atoms with E-state index < -0.39 is 0 Å². The summed E-state index contributed by atoms with van der Waals surface area (Å²) in [5, 5.41) is 0. The molecule has 0 fully saturated rings. The lowest BCUT2D eigenvalue weighted by Gasteiger charge is -2.25. The molecule has 0 heteroatoms. The van der Waals surface area contributed by atoms with Crippen molar-refractivity contribution in [2.75, 3.05) is 0 Å². The molecule has 0 aliphatic heterocycles. The van der Waals surface area contributed by atoms with Crippen molar-refractivity contribution in [3.8, 4) is 11.1 Å². The number of hydrogen-bond donors (Lipinski definition) is 0. The van der Waals surface area contributed by atoms with Gasteiger partial charge < -0.3 is 0 Å². The molecule has 25 heavy (non-hydrogen) atoms. The van der Waals surface area contributed by atoms with E-state index in [1.165, 1.54) is 38.9 Å². The molecule has 0 aromatic heterocycles. The molecule has 0 radical (unpaired) electrons. The molecule has 0 N–H and O–H groups in total. The van der Waals surface area contributed by atoms with Crippen molar-refractivity contribution in [2.45, 2.75) is 67.2 Å². The number of aryl methyl sites for hydroxylation is 2. The third-order valence-corrected chi connectivity index (χ3v) is 5.32. The fraction of sp³-hybridized carbons (Fsp3) is 0.440. The van der Waals surface area contributed by atoms with Crippen molar-refractivity contribution in [1.29, 1.82) is 0 Å². The zero-order valence-electron chi connectivity index (χ0n) is 17.2. The maximum atomic E-state index is 2.47. The standard InChI is InChI=1S/C25H32/c1-16-11-17(2)13-19(12-16)23-21-15-20(24(3,4)5)14-18(21)9-10-22(23)25(6,7)8/h9-13,15H,14H2,1-8H3. The van der Waals surface area contributed by atoms with Crippen LogP contribution in [0.15, 0.2) is 35.9 Å². The monoisotopic (exact) mass is 332 g/mol. The van der Waals surface area contributed by atoms with Crippen LogP contribution in [0.5, 0.6) is 0 Å². The molecule has 0 unspecified atom stereocenters. The van der Waals surface area contributed by atoms with Gasteiger partial charge in [-0.1, -0.05) is 94.7 Å². The van der Waals surface area contributed by atoms with Gasteiger partial charge in [-0.25, -0.2) is 0 Å². The molecule has 0 nitrogen and oxygen atoms in total. The van der Waals surface area contributed by atoms with E-state index in [9.17, 15) is 0 Å². The molecule has 0 atom stereocenters. The third kappa shape index (κ3) is 3.45. The molecule has 1 aliphatic carbocycles. The quantitative estimate of drug-likeness (QED) is 0.515. The maximum absolute atomic E-state index is 2.47. The molecule has 3 rings (SSSR count).